The van der Waals surface area contributed by atoms with Crippen LogP contribution in [0.5, 0.6) is 0 Å². The lowest BCUT2D eigenvalue weighted by molar-refractivity contribution is 0.518. The zero-order valence-electron chi connectivity index (χ0n) is 12.6. The summed E-state index contributed by atoms with van der Waals surface area (Å²) < 4.78 is 0. The van der Waals surface area contributed by atoms with Crippen molar-refractivity contribution in [2.45, 2.75) is 32.7 Å². The molecule has 0 radical (unpaired) electrons. The minimum Gasteiger partial charge on any atom is -0.310 e. The molecule has 1 aromatic carbocycles. The Kier molecular flexibility index (Phi) is 5.48. The fourth-order valence-corrected chi connectivity index (χ4v) is 2.41. The second-order valence-electron chi connectivity index (χ2n) is 5.11. The normalized spacial score (nSPS) is 11.9. The average Bonchev–Trinajstić information content (AvgIpc) is 2.56. The number of hydrogen-bond donors (Lipinski definition) is 1. The largest absolute Gasteiger partial charge is 0.310 e. The number of rotatable bonds is 6. The van der Waals surface area contributed by atoms with Crippen LogP contribution in [0.4, 0.5) is 0 Å². The van der Waals surface area contributed by atoms with Crippen LogP contribution in [0.2, 0.25) is 0 Å². The van der Waals surface area contributed by atoms with Gasteiger partial charge in [-0.2, -0.15) is 5.26 Å². The molecule has 0 amide bonds. The predicted octanol–water partition coefficient (Wildman–Crippen LogP) is 4.07. The highest BCUT2D eigenvalue weighted by molar-refractivity contribution is 5.64. The maximum Gasteiger partial charge on any atom is 0.101 e. The van der Waals surface area contributed by atoms with E-state index >= 15 is 0 Å². The molecule has 0 aliphatic carbocycles. The molecule has 1 atom stereocenters. The first-order valence-corrected chi connectivity index (χ1v) is 7.47. The molecular weight excluding hydrogens is 258 g/mol. The average molecular weight is 279 g/mol. The van der Waals surface area contributed by atoms with E-state index in [1.807, 2.05) is 6.07 Å². The Bertz CT molecular complexity index is 628. The van der Waals surface area contributed by atoms with Gasteiger partial charge in [0.15, 0.2) is 0 Å². The summed E-state index contributed by atoms with van der Waals surface area (Å²) >= 11 is 0. The second kappa shape index (κ2) is 7.56. The molecular formula is C18H21N3. The van der Waals surface area contributed by atoms with Crippen LogP contribution in [0.25, 0.3) is 11.1 Å². The lowest BCUT2D eigenvalue weighted by Gasteiger charge is -2.18. The summed E-state index contributed by atoms with van der Waals surface area (Å²) in [6.07, 6.45) is 5.58. The molecule has 0 saturated heterocycles. The maximum atomic E-state index is 8.99. The van der Waals surface area contributed by atoms with Crippen molar-refractivity contribution in [3.8, 4) is 17.2 Å². The van der Waals surface area contributed by atoms with Gasteiger partial charge in [-0.1, -0.05) is 32.0 Å². The summed E-state index contributed by atoms with van der Waals surface area (Å²) in [4.78, 5) is 4.14. The topological polar surface area (TPSA) is 48.7 Å². The Morgan fingerprint density at radius 1 is 1.19 bits per heavy atom. The Balaban J connectivity index is 2.30. The first-order chi connectivity index (χ1) is 10.3. The maximum absolute atomic E-state index is 8.99. The summed E-state index contributed by atoms with van der Waals surface area (Å²) in [6, 6.07) is 12.9. The van der Waals surface area contributed by atoms with Crippen molar-refractivity contribution in [2.75, 3.05) is 6.54 Å². The number of pyridine rings is 1. The van der Waals surface area contributed by atoms with Crippen molar-refractivity contribution in [1.29, 1.82) is 5.26 Å². The Labute approximate surface area is 126 Å². The standard InChI is InChI=1S/C18H21N3/c1-3-8-21-18(4-2)16-7-5-6-15(10-16)17-9-14(11-19)12-20-13-17/h5-7,9-10,12-13,18,21H,3-4,8H2,1-2H3. The van der Waals surface area contributed by atoms with Crippen LogP contribution >= 0.6 is 0 Å². The molecule has 3 nitrogen and oxygen atoms in total. The molecule has 0 saturated carbocycles. The van der Waals surface area contributed by atoms with E-state index in [0.29, 0.717) is 11.6 Å². The van der Waals surface area contributed by atoms with Gasteiger partial charge in [-0.25, -0.2) is 0 Å². The number of benzene rings is 1. The Morgan fingerprint density at radius 3 is 2.76 bits per heavy atom. The first kappa shape index (κ1) is 15.2. The SMILES string of the molecule is CCCNC(CC)c1cccc(-c2cncc(C#N)c2)c1. The number of hydrogen-bond acceptors (Lipinski definition) is 3. The molecule has 3 heteroatoms. The van der Waals surface area contributed by atoms with Gasteiger partial charge in [0.1, 0.15) is 6.07 Å². The van der Waals surface area contributed by atoms with Gasteiger partial charge in [0.05, 0.1) is 5.56 Å². The molecule has 108 valence electrons. The lowest BCUT2D eigenvalue weighted by Crippen LogP contribution is -2.21. The van der Waals surface area contributed by atoms with Crippen molar-refractivity contribution >= 4 is 0 Å². The molecule has 1 aromatic heterocycles. The van der Waals surface area contributed by atoms with Gasteiger partial charge < -0.3 is 5.32 Å². The molecule has 1 unspecified atom stereocenters. The molecule has 1 heterocycles. The molecule has 0 aliphatic rings. The van der Waals surface area contributed by atoms with Crippen molar-refractivity contribution < 1.29 is 0 Å². The van der Waals surface area contributed by atoms with Gasteiger partial charge in [-0.3, -0.25) is 4.98 Å². The summed E-state index contributed by atoms with van der Waals surface area (Å²) in [5.74, 6) is 0. The van der Waals surface area contributed by atoms with E-state index in [1.165, 1.54) is 5.56 Å². The highest BCUT2D eigenvalue weighted by Gasteiger charge is 2.09. The molecule has 2 aromatic rings. The molecule has 1 N–H and O–H groups in total. The van der Waals surface area contributed by atoms with Crippen LogP contribution in [0.15, 0.2) is 42.7 Å². The van der Waals surface area contributed by atoms with E-state index in [0.717, 1.165) is 30.5 Å². The first-order valence-electron chi connectivity index (χ1n) is 7.47. The summed E-state index contributed by atoms with van der Waals surface area (Å²) in [5.41, 5.74) is 3.97. The highest BCUT2D eigenvalue weighted by Crippen LogP contribution is 2.24. The van der Waals surface area contributed by atoms with Gasteiger partial charge >= 0.3 is 0 Å². The molecule has 0 fully saturated rings. The van der Waals surface area contributed by atoms with Gasteiger partial charge in [0, 0.05) is 24.0 Å². The van der Waals surface area contributed by atoms with E-state index in [1.54, 1.807) is 12.4 Å². The lowest BCUT2D eigenvalue weighted by atomic mass is 9.98. The number of nitrogens with zero attached hydrogens (tertiary/aromatic N) is 2. The molecule has 0 aliphatic heterocycles. The van der Waals surface area contributed by atoms with Crippen LogP contribution in [0.3, 0.4) is 0 Å². The highest BCUT2D eigenvalue weighted by atomic mass is 14.9. The molecule has 21 heavy (non-hydrogen) atoms. The van der Waals surface area contributed by atoms with Crippen molar-refractivity contribution in [3.63, 3.8) is 0 Å². The quantitative estimate of drug-likeness (QED) is 0.867. The van der Waals surface area contributed by atoms with Crippen molar-refractivity contribution in [1.82, 2.24) is 10.3 Å². The van der Waals surface area contributed by atoms with E-state index in [4.69, 9.17) is 5.26 Å². The van der Waals surface area contributed by atoms with Crippen molar-refractivity contribution in [2.24, 2.45) is 0 Å². The monoisotopic (exact) mass is 279 g/mol. The predicted molar refractivity (Wildman–Crippen MR) is 85.7 cm³/mol. The minimum absolute atomic E-state index is 0.372. The van der Waals surface area contributed by atoms with E-state index in [2.05, 4.69) is 54.5 Å². The van der Waals surface area contributed by atoms with Gasteiger partial charge in [0.25, 0.3) is 0 Å². The number of nitriles is 1. The minimum atomic E-state index is 0.372. The third-order valence-electron chi connectivity index (χ3n) is 3.54. The Morgan fingerprint density at radius 2 is 2.05 bits per heavy atom. The molecule has 0 spiro atoms. The number of aromatic nitrogens is 1. The smallest absolute Gasteiger partial charge is 0.101 e. The van der Waals surface area contributed by atoms with Gasteiger partial charge in [-0.15, -0.1) is 0 Å². The van der Waals surface area contributed by atoms with Crippen LogP contribution in [0, 0.1) is 11.3 Å². The summed E-state index contributed by atoms with van der Waals surface area (Å²) in [5, 5.41) is 12.6. The van der Waals surface area contributed by atoms with Crippen LogP contribution in [0.1, 0.15) is 43.9 Å². The second-order valence-corrected chi connectivity index (χ2v) is 5.11. The van der Waals surface area contributed by atoms with E-state index < -0.39 is 0 Å². The summed E-state index contributed by atoms with van der Waals surface area (Å²) in [6.45, 7) is 5.39. The fourth-order valence-electron chi connectivity index (χ4n) is 2.41. The third-order valence-corrected chi connectivity index (χ3v) is 3.54. The zero-order chi connectivity index (χ0) is 15.1. The molecule has 2 rings (SSSR count). The van der Waals surface area contributed by atoms with E-state index in [9.17, 15) is 0 Å². The number of nitrogens with one attached hydrogen (secondary N) is 1. The van der Waals surface area contributed by atoms with Gasteiger partial charge in [-0.05, 0) is 42.6 Å². The third kappa shape index (κ3) is 3.90. The van der Waals surface area contributed by atoms with Crippen LogP contribution in [-0.2, 0) is 0 Å². The Hall–Kier alpha value is -2.18. The van der Waals surface area contributed by atoms with Crippen LogP contribution < -0.4 is 5.32 Å². The van der Waals surface area contributed by atoms with Crippen LogP contribution in [-0.4, -0.2) is 11.5 Å². The zero-order valence-corrected chi connectivity index (χ0v) is 12.6. The van der Waals surface area contributed by atoms with Crippen molar-refractivity contribution in [3.05, 3.63) is 53.9 Å². The molecule has 0 bridgehead atoms. The van der Waals surface area contributed by atoms with E-state index in [-0.39, 0.29) is 0 Å². The van der Waals surface area contributed by atoms with Gasteiger partial charge in [0.2, 0.25) is 0 Å². The summed E-state index contributed by atoms with van der Waals surface area (Å²) in [7, 11) is 0. The fraction of sp³-hybridized carbons (Fsp3) is 0.333.